The number of nitrogens with one attached hydrogen (secondary N) is 2. The Hall–Kier alpha value is -1.87. The molecule has 7 nitrogen and oxygen atoms in total. The first-order valence-electron chi connectivity index (χ1n) is 9.65. The number of rotatable bonds is 6. The van der Waals surface area contributed by atoms with E-state index < -0.39 is 11.9 Å². The predicted octanol–water partition coefficient (Wildman–Crippen LogP) is 3.52. The van der Waals surface area contributed by atoms with Crippen LogP contribution in [0.1, 0.15) is 55.5 Å². The number of aromatic nitrogens is 2. The Morgan fingerprint density at radius 1 is 1.29 bits per heavy atom. The fourth-order valence-electron chi connectivity index (χ4n) is 3.45. The standard InChI is InChI=1S/C19H26N4O3S2/c1-4-9-20-18(26)21-14(24)10-27-19-22-16-15(11(2)12(3)28-16)17(25)23(19)13-7-5-6-8-13/h13H,4-10H2,1-3H3,(H2,20,21,24,26). The highest BCUT2D eigenvalue weighted by Crippen LogP contribution is 2.34. The molecule has 0 bridgehead atoms. The van der Waals surface area contributed by atoms with Gasteiger partial charge in [-0.1, -0.05) is 31.5 Å². The van der Waals surface area contributed by atoms with Crippen LogP contribution in [0.4, 0.5) is 4.79 Å². The fraction of sp³-hybridized carbons (Fsp3) is 0.579. The van der Waals surface area contributed by atoms with E-state index in [-0.39, 0.29) is 17.4 Å². The van der Waals surface area contributed by atoms with Crippen molar-refractivity contribution < 1.29 is 9.59 Å². The maximum Gasteiger partial charge on any atom is 0.321 e. The predicted molar refractivity (Wildman–Crippen MR) is 113 cm³/mol. The van der Waals surface area contributed by atoms with Gasteiger partial charge in [-0.25, -0.2) is 9.78 Å². The lowest BCUT2D eigenvalue weighted by atomic mass is 10.2. The van der Waals surface area contributed by atoms with Gasteiger partial charge in [-0.2, -0.15) is 0 Å². The Balaban J connectivity index is 1.85. The summed E-state index contributed by atoms with van der Waals surface area (Å²) in [5.41, 5.74) is 0.980. The molecule has 9 heteroatoms. The molecule has 0 atom stereocenters. The van der Waals surface area contributed by atoms with Gasteiger partial charge in [0.15, 0.2) is 5.16 Å². The van der Waals surface area contributed by atoms with Gasteiger partial charge >= 0.3 is 6.03 Å². The fourth-order valence-corrected chi connectivity index (χ4v) is 5.39. The number of amides is 3. The van der Waals surface area contributed by atoms with E-state index in [1.807, 2.05) is 20.8 Å². The molecule has 2 aromatic heterocycles. The second-order valence-electron chi connectivity index (χ2n) is 7.06. The van der Waals surface area contributed by atoms with E-state index >= 15 is 0 Å². The number of imide groups is 1. The largest absolute Gasteiger partial charge is 0.338 e. The SMILES string of the molecule is CCCNC(=O)NC(=O)CSc1nc2sc(C)c(C)c2c(=O)n1C1CCCC1. The third kappa shape index (κ3) is 4.41. The third-order valence-corrected chi connectivity index (χ3v) is 7.07. The van der Waals surface area contributed by atoms with Gasteiger partial charge in [0.2, 0.25) is 5.91 Å². The molecule has 3 amide bonds. The average Bonchev–Trinajstić information content (AvgIpc) is 3.27. The lowest BCUT2D eigenvalue weighted by Gasteiger charge is -2.18. The van der Waals surface area contributed by atoms with Crippen LogP contribution < -0.4 is 16.2 Å². The first-order valence-corrected chi connectivity index (χ1v) is 11.4. The molecule has 152 valence electrons. The van der Waals surface area contributed by atoms with E-state index in [9.17, 15) is 14.4 Å². The lowest BCUT2D eigenvalue weighted by Crippen LogP contribution is -2.40. The lowest BCUT2D eigenvalue weighted by molar-refractivity contribution is -0.117. The van der Waals surface area contributed by atoms with E-state index in [0.29, 0.717) is 17.1 Å². The van der Waals surface area contributed by atoms with Crippen molar-refractivity contribution in [2.24, 2.45) is 0 Å². The molecule has 1 fully saturated rings. The summed E-state index contributed by atoms with van der Waals surface area (Å²) in [5.74, 6) is -0.363. The topological polar surface area (TPSA) is 93.1 Å². The number of hydrogen-bond acceptors (Lipinski definition) is 6. The van der Waals surface area contributed by atoms with Gasteiger partial charge < -0.3 is 5.32 Å². The van der Waals surface area contributed by atoms with Crippen molar-refractivity contribution >= 4 is 45.3 Å². The Kier molecular flexibility index (Phi) is 6.77. The zero-order valence-corrected chi connectivity index (χ0v) is 18.1. The molecule has 1 aliphatic rings. The number of thioether (sulfide) groups is 1. The zero-order valence-electron chi connectivity index (χ0n) is 16.5. The van der Waals surface area contributed by atoms with E-state index in [1.165, 1.54) is 23.1 Å². The van der Waals surface area contributed by atoms with Gasteiger partial charge in [0.05, 0.1) is 11.1 Å². The summed E-state index contributed by atoms with van der Waals surface area (Å²) in [6.45, 7) is 6.42. The maximum absolute atomic E-state index is 13.3. The summed E-state index contributed by atoms with van der Waals surface area (Å²) in [6.07, 6.45) is 4.90. The first-order chi connectivity index (χ1) is 13.4. The smallest absolute Gasteiger partial charge is 0.321 e. The van der Waals surface area contributed by atoms with E-state index in [4.69, 9.17) is 4.98 Å². The summed E-state index contributed by atoms with van der Waals surface area (Å²) < 4.78 is 1.78. The van der Waals surface area contributed by atoms with Crippen LogP contribution in [0.15, 0.2) is 9.95 Å². The molecule has 0 unspecified atom stereocenters. The van der Waals surface area contributed by atoms with Gasteiger partial charge in [0.25, 0.3) is 5.56 Å². The first kappa shape index (κ1) is 20.9. The number of fused-ring (bicyclic) bond motifs is 1. The quantitative estimate of drug-likeness (QED) is 0.549. The highest BCUT2D eigenvalue weighted by atomic mass is 32.2. The van der Waals surface area contributed by atoms with Crippen molar-refractivity contribution in [3.63, 3.8) is 0 Å². The normalized spacial score (nSPS) is 14.5. The Labute approximate surface area is 172 Å². The third-order valence-electron chi connectivity index (χ3n) is 5.01. The molecular weight excluding hydrogens is 396 g/mol. The minimum Gasteiger partial charge on any atom is -0.338 e. The van der Waals surface area contributed by atoms with Crippen LogP contribution in [-0.4, -0.2) is 33.8 Å². The number of urea groups is 1. The van der Waals surface area contributed by atoms with Crippen LogP contribution in [0.3, 0.4) is 0 Å². The van der Waals surface area contributed by atoms with Gasteiger partial charge in [0.1, 0.15) is 4.83 Å². The van der Waals surface area contributed by atoms with Gasteiger partial charge in [-0.05, 0) is 38.7 Å². The number of nitrogens with zero attached hydrogens (tertiary/aromatic N) is 2. The molecule has 0 radical (unpaired) electrons. The van der Waals surface area contributed by atoms with Crippen molar-refractivity contribution in [1.29, 1.82) is 0 Å². The molecule has 0 saturated heterocycles. The van der Waals surface area contributed by atoms with Gasteiger partial charge in [-0.3, -0.25) is 19.5 Å². The molecule has 2 N–H and O–H groups in total. The van der Waals surface area contributed by atoms with Crippen LogP contribution in [0.2, 0.25) is 0 Å². The molecule has 0 spiro atoms. The molecule has 0 aliphatic heterocycles. The summed E-state index contributed by atoms with van der Waals surface area (Å²) in [7, 11) is 0. The molecule has 0 aromatic carbocycles. The monoisotopic (exact) mass is 422 g/mol. The van der Waals surface area contributed by atoms with Crippen LogP contribution >= 0.6 is 23.1 Å². The number of hydrogen-bond donors (Lipinski definition) is 2. The number of thiophene rings is 1. The molecular formula is C19H26N4O3S2. The summed E-state index contributed by atoms with van der Waals surface area (Å²) in [6, 6.07) is -0.365. The van der Waals surface area contributed by atoms with Crippen LogP contribution in [0.25, 0.3) is 10.2 Å². The zero-order chi connectivity index (χ0) is 20.3. The van der Waals surface area contributed by atoms with Crippen LogP contribution in [-0.2, 0) is 4.79 Å². The molecule has 2 aromatic rings. The Bertz CT molecular complexity index is 945. The maximum atomic E-state index is 13.3. The minimum atomic E-state index is -0.492. The Morgan fingerprint density at radius 2 is 2.00 bits per heavy atom. The molecule has 3 rings (SSSR count). The minimum absolute atomic E-state index is 0.0117. The van der Waals surface area contributed by atoms with Crippen molar-refractivity contribution in [2.75, 3.05) is 12.3 Å². The molecule has 1 aliphatic carbocycles. The van der Waals surface area contributed by atoms with Gasteiger partial charge in [0, 0.05) is 17.5 Å². The average molecular weight is 423 g/mol. The number of aryl methyl sites for hydroxylation is 2. The highest BCUT2D eigenvalue weighted by molar-refractivity contribution is 7.99. The van der Waals surface area contributed by atoms with Crippen molar-refractivity contribution in [3.8, 4) is 0 Å². The molecule has 2 heterocycles. The second-order valence-corrected chi connectivity index (χ2v) is 9.21. The molecule has 1 saturated carbocycles. The van der Waals surface area contributed by atoms with Gasteiger partial charge in [-0.15, -0.1) is 11.3 Å². The summed E-state index contributed by atoms with van der Waals surface area (Å²) >= 11 is 2.73. The summed E-state index contributed by atoms with van der Waals surface area (Å²) in [4.78, 5) is 43.6. The van der Waals surface area contributed by atoms with Crippen molar-refractivity contribution in [2.45, 2.75) is 64.1 Å². The Morgan fingerprint density at radius 3 is 2.68 bits per heavy atom. The van der Waals surface area contributed by atoms with Crippen molar-refractivity contribution in [1.82, 2.24) is 20.2 Å². The highest BCUT2D eigenvalue weighted by Gasteiger charge is 2.25. The number of carbonyl (C=O) groups excluding carboxylic acids is 2. The van der Waals surface area contributed by atoms with E-state index in [1.54, 1.807) is 4.57 Å². The molecule has 28 heavy (non-hydrogen) atoms. The van der Waals surface area contributed by atoms with Crippen LogP contribution in [0.5, 0.6) is 0 Å². The number of carbonyl (C=O) groups is 2. The van der Waals surface area contributed by atoms with Crippen molar-refractivity contribution in [3.05, 3.63) is 20.8 Å². The second kappa shape index (κ2) is 9.09. The summed E-state index contributed by atoms with van der Waals surface area (Å²) in [5, 5.41) is 6.19. The van der Waals surface area contributed by atoms with E-state index in [0.717, 1.165) is 47.4 Å². The van der Waals surface area contributed by atoms with Crippen LogP contribution in [0, 0.1) is 13.8 Å². The van der Waals surface area contributed by atoms with E-state index in [2.05, 4.69) is 10.6 Å².